The molecular formula is C16H27NO3. The summed E-state index contributed by atoms with van der Waals surface area (Å²) in [5, 5.41) is 3.51. The minimum Gasteiger partial charge on any atom is -0.496 e. The van der Waals surface area contributed by atoms with Gasteiger partial charge in [-0.3, -0.25) is 0 Å². The molecule has 0 spiro atoms. The molecule has 2 unspecified atom stereocenters. The van der Waals surface area contributed by atoms with Gasteiger partial charge < -0.3 is 19.5 Å². The third kappa shape index (κ3) is 4.39. The lowest BCUT2D eigenvalue weighted by Crippen LogP contribution is -2.23. The zero-order chi connectivity index (χ0) is 15.0. The Bertz CT molecular complexity index is 373. The quantitative estimate of drug-likeness (QED) is 0.754. The highest BCUT2D eigenvalue weighted by atomic mass is 16.5. The van der Waals surface area contributed by atoms with Crippen molar-refractivity contribution < 1.29 is 14.2 Å². The van der Waals surface area contributed by atoms with Crippen LogP contribution in [-0.2, 0) is 4.74 Å². The van der Waals surface area contributed by atoms with E-state index in [0.29, 0.717) is 0 Å². The summed E-state index contributed by atoms with van der Waals surface area (Å²) < 4.78 is 16.3. The van der Waals surface area contributed by atoms with Crippen LogP contribution in [0.2, 0.25) is 0 Å². The Labute approximate surface area is 122 Å². The van der Waals surface area contributed by atoms with E-state index in [0.717, 1.165) is 36.4 Å². The van der Waals surface area contributed by atoms with Crippen molar-refractivity contribution in [3.63, 3.8) is 0 Å². The maximum absolute atomic E-state index is 5.50. The van der Waals surface area contributed by atoms with Crippen molar-refractivity contribution >= 4 is 0 Å². The molecule has 0 aliphatic carbocycles. The van der Waals surface area contributed by atoms with Crippen LogP contribution in [0.15, 0.2) is 18.2 Å². The fourth-order valence-electron chi connectivity index (χ4n) is 2.34. The second kappa shape index (κ2) is 8.82. The summed E-state index contributed by atoms with van der Waals surface area (Å²) >= 11 is 0. The number of hydrogen-bond acceptors (Lipinski definition) is 4. The van der Waals surface area contributed by atoms with Gasteiger partial charge in [0.05, 0.1) is 25.9 Å². The monoisotopic (exact) mass is 281 g/mol. The first-order valence-corrected chi connectivity index (χ1v) is 7.14. The van der Waals surface area contributed by atoms with Crippen molar-refractivity contribution in [2.45, 2.75) is 38.8 Å². The molecule has 0 aliphatic heterocycles. The molecule has 1 aromatic carbocycles. The fourth-order valence-corrected chi connectivity index (χ4v) is 2.34. The van der Waals surface area contributed by atoms with Crippen LogP contribution in [-0.4, -0.2) is 34.0 Å². The lowest BCUT2D eigenvalue weighted by Gasteiger charge is -2.24. The van der Waals surface area contributed by atoms with Gasteiger partial charge in [0, 0.05) is 13.2 Å². The van der Waals surface area contributed by atoms with E-state index in [1.54, 1.807) is 21.3 Å². The van der Waals surface area contributed by atoms with E-state index in [1.165, 1.54) is 0 Å². The Morgan fingerprint density at radius 2 is 1.65 bits per heavy atom. The number of benzene rings is 1. The minimum atomic E-state index is 0.198. The van der Waals surface area contributed by atoms with Gasteiger partial charge >= 0.3 is 0 Å². The number of nitrogens with one attached hydrogen (secondary N) is 1. The molecule has 0 bridgehead atoms. The van der Waals surface area contributed by atoms with Crippen LogP contribution in [0.1, 0.15) is 38.3 Å². The van der Waals surface area contributed by atoms with Crippen LogP contribution >= 0.6 is 0 Å². The predicted octanol–water partition coefficient (Wildman–Crippen LogP) is 3.17. The number of methoxy groups -OCH3 is 3. The van der Waals surface area contributed by atoms with Gasteiger partial charge in [-0.05, 0) is 38.4 Å². The van der Waals surface area contributed by atoms with Gasteiger partial charge in [-0.1, -0.05) is 13.0 Å². The molecule has 0 aromatic heterocycles. The van der Waals surface area contributed by atoms with Gasteiger partial charge in [-0.15, -0.1) is 0 Å². The molecule has 2 atom stereocenters. The summed E-state index contributed by atoms with van der Waals surface area (Å²) in [5.74, 6) is 1.72. The lowest BCUT2D eigenvalue weighted by atomic mass is 9.98. The Balaban J connectivity index is 3.00. The second-order valence-electron chi connectivity index (χ2n) is 4.81. The molecule has 0 radical (unpaired) electrons. The summed E-state index contributed by atoms with van der Waals surface area (Å²) in [6.45, 7) is 5.09. The predicted molar refractivity (Wildman–Crippen MR) is 81.7 cm³/mol. The summed E-state index contributed by atoms with van der Waals surface area (Å²) in [6, 6.07) is 6.09. The largest absolute Gasteiger partial charge is 0.496 e. The van der Waals surface area contributed by atoms with Crippen LogP contribution in [0.4, 0.5) is 0 Å². The van der Waals surface area contributed by atoms with Crippen LogP contribution in [0.5, 0.6) is 11.5 Å². The van der Waals surface area contributed by atoms with Crippen LogP contribution in [0.3, 0.4) is 0 Å². The van der Waals surface area contributed by atoms with Crippen molar-refractivity contribution in [3.8, 4) is 11.5 Å². The zero-order valence-electron chi connectivity index (χ0n) is 13.2. The average molecular weight is 281 g/mol. The molecule has 0 saturated heterocycles. The number of hydrogen-bond donors (Lipinski definition) is 1. The zero-order valence-corrected chi connectivity index (χ0v) is 13.2. The highest BCUT2D eigenvalue weighted by Gasteiger charge is 2.20. The Morgan fingerprint density at radius 3 is 2.10 bits per heavy atom. The minimum absolute atomic E-state index is 0.198. The maximum Gasteiger partial charge on any atom is 0.127 e. The first-order chi connectivity index (χ1) is 9.67. The molecule has 20 heavy (non-hydrogen) atoms. The van der Waals surface area contributed by atoms with E-state index in [1.807, 2.05) is 18.2 Å². The van der Waals surface area contributed by atoms with E-state index < -0.39 is 0 Å². The Hall–Kier alpha value is -1.26. The van der Waals surface area contributed by atoms with Gasteiger partial charge in [0.25, 0.3) is 0 Å². The van der Waals surface area contributed by atoms with Gasteiger partial charge in [-0.25, -0.2) is 0 Å². The summed E-state index contributed by atoms with van der Waals surface area (Å²) in [6.07, 6.45) is 2.20. The van der Waals surface area contributed by atoms with E-state index in [-0.39, 0.29) is 12.1 Å². The summed E-state index contributed by atoms with van der Waals surface area (Å²) in [7, 11) is 5.13. The third-order valence-electron chi connectivity index (χ3n) is 3.53. The summed E-state index contributed by atoms with van der Waals surface area (Å²) in [5.41, 5.74) is 1.09. The molecule has 0 heterocycles. The normalized spacial score (nSPS) is 13.8. The number of rotatable bonds is 9. The molecule has 1 N–H and O–H groups in total. The summed E-state index contributed by atoms with van der Waals surface area (Å²) in [4.78, 5) is 0. The van der Waals surface area contributed by atoms with E-state index in [4.69, 9.17) is 14.2 Å². The SMILES string of the molecule is CCNC(CCC(C)OC)c1c(OC)cccc1OC. The van der Waals surface area contributed by atoms with Gasteiger partial charge in [0.1, 0.15) is 11.5 Å². The van der Waals surface area contributed by atoms with Gasteiger partial charge in [-0.2, -0.15) is 0 Å². The van der Waals surface area contributed by atoms with Crippen LogP contribution < -0.4 is 14.8 Å². The molecule has 0 amide bonds. The molecule has 0 aliphatic rings. The van der Waals surface area contributed by atoms with Gasteiger partial charge in [0.2, 0.25) is 0 Å². The molecular weight excluding hydrogens is 254 g/mol. The molecule has 4 nitrogen and oxygen atoms in total. The van der Waals surface area contributed by atoms with Crippen molar-refractivity contribution in [1.29, 1.82) is 0 Å². The van der Waals surface area contributed by atoms with E-state index in [2.05, 4.69) is 19.2 Å². The van der Waals surface area contributed by atoms with Crippen molar-refractivity contribution in [2.75, 3.05) is 27.9 Å². The third-order valence-corrected chi connectivity index (χ3v) is 3.53. The Morgan fingerprint density at radius 1 is 1.05 bits per heavy atom. The van der Waals surface area contributed by atoms with Crippen LogP contribution in [0, 0.1) is 0 Å². The molecule has 4 heteroatoms. The molecule has 1 aromatic rings. The van der Waals surface area contributed by atoms with Crippen LogP contribution in [0.25, 0.3) is 0 Å². The van der Waals surface area contributed by atoms with Crippen molar-refractivity contribution in [2.24, 2.45) is 0 Å². The molecule has 114 valence electrons. The highest BCUT2D eigenvalue weighted by molar-refractivity contribution is 5.47. The maximum atomic E-state index is 5.50. The topological polar surface area (TPSA) is 39.7 Å². The smallest absolute Gasteiger partial charge is 0.127 e. The first-order valence-electron chi connectivity index (χ1n) is 7.14. The lowest BCUT2D eigenvalue weighted by molar-refractivity contribution is 0.106. The Kier molecular flexibility index (Phi) is 7.41. The van der Waals surface area contributed by atoms with E-state index in [9.17, 15) is 0 Å². The molecule has 0 saturated carbocycles. The highest BCUT2D eigenvalue weighted by Crippen LogP contribution is 2.36. The molecule has 1 rings (SSSR count). The van der Waals surface area contributed by atoms with Gasteiger partial charge in [0.15, 0.2) is 0 Å². The standard InChI is InChI=1S/C16H27NO3/c1-6-17-13(11-10-12(2)18-3)16-14(19-4)8-7-9-15(16)20-5/h7-9,12-13,17H,6,10-11H2,1-5H3. The van der Waals surface area contributed by atoms with E-state index >= 15 is 0 Å². The molecule has 0 fully saturated rings. The number of ether oxygens (including phenoxy) is 3. The van der Waals surface area contributed by atoms with Crippen molar-refractivity contribution in [1.82, 2.24) is 5.32 Å². The van der Waals surface area contributed by atoms with Crippen molar-refractivity contribution in [3.05, 3.63) is 23.8 Å². The fraction of sp³-hybridized carbons (Fsp3) is 0.625. The average Bonchev–Trinajstić information content (AvgIpc) is 2.50. The second-order valence-corrected chi connectivity index (χ2v) is 4.81. The first kappa shape index (κ1) is 16.8.